The molecule has 0 aliphatic carbocycles. The minimum Gasteiger partial charge on any atom is -0.495 e. The number of ether oxygens (including phenoxy) is 3. The van der Waals surface area contributed by atoms with Gasteiger partial charge < -0.3 is 24.4 Å². The molecular formula is C26H29N3O4S. The molecule has 1 N–H and O–H groups in total. The second kappa shape index (κ2) is 9.95. The van der Waals surface area contributed by atoms with Crippen LogP contribution in [0.15, 0.2) is 60.0 Å². The first-order valence-corrected chi connectivity index (χ1v) is 12.4. The molecule has 8 heteroatoms. The molecule has 1 fully saturated rings. The van der Waals surface area contributed by atoms with Crippen molar-refractivity contribution < 1.29 is 19.0 Å². The topological polar surface area (TPSA) is 63.3 Å². The molecule has 2 aliphatic rings. The first kappa shape index (κ1) is 22.6. The molecule has 0 bridgehead atoms. The average Bonchev–Trinajstić information content (AvgIpc) is 3.56. The minimum absolute atomic E-state index is 0.0746. The van der Waals surface area contributed by atoms with E-state index >= 15 is 0 Å². The molecule has 1 saturated heterocycles. The highest BCUT2D eigenvalue weighted by Crippen LogP contribution is 2.34. The van der Waals surface area contributed by atoms with Gasteiger partial charge in [-0.05, 0) is 48.7 Å². The summed E-state index contributed by atoms with van der Waals surface area (Å²) in [5.41, 5.74) is 1.70. The maximum atomic E-state index is 13.1. The van der Waals surface area contributed by atoms with Gasteiger partial charge >= 0.3 is 0 Å². The highest BCUT2D eigenvalue weighted by atomic mass is 32.1. The number of hydrogen-bond donors (Lipinski definition) is 1. The second-order valence-electron chi connectivity index (χ2n) is 8.49. The molecule has 1 aromatic heterocycles. The van der Waals surface area contributed by atoms with E-state index in [4.69, 9.17) is 14.2 Å². The summed E-state index contributed by atoms with van der Waals surface area (Å²) in [6.45, 7) is 5.85. The van der Waals surface area contributed by atoms with Gasteiger partial charge in [0.1, 0.15) is 5.75 Å². The molecule has 2 aliphatic heterocycles. The summed E-state index contributed by atoms with van der Waals surface area (Å²) in [5.74, 6) is 2.08. The van der Waals surface area contributed by atoms with Gasteiger partial charge in [-0.3, -0.25) is 9.69 Å². The van der Waals surface area contributed by atoms with Crippen LogP contribution in [-0.2, 0) is 0 Å². The van der Waals surface area contributed by atoms with E-state index in [0.29, 0.717) is 17.1 Å². The highest BCUT2D eigenvalue weighted by Gasteiger charge is 2.31. The van der Waals surface area contributed by atoms with Gasteiger partial charge in [0.15, 0.2) is 11.5 Å². The van der Waals surface area contributed by atoms with Gasteiger partial charge in [0.25, 0.3) is 5.91 Å². The predicted octanol–water partition coefficient (Wildman–Crippen LogP) is 4.17. The Bertz CT molecular complexity index is 1130. The van der Waals surface area contributed by atoms with E-state index in [-0.39, 0.29) is 24.8 Å². The summed E-state index contributed by atoms with van der Waals surface area (Å²) >= 11 is 1.73. The lowest BCUT2D eigenvalue weighted by Crippen LogP contribution is -2.52. The van der Waals surface area contributed by atoms with Crippen molar-refractivity contribution in [1.29, 1.82) is 0 Å². The molecule has 7 nitrogen and oxygen atoms in total. The molecular weight excluding hydrogens is 450 g/mol. The normalized spacial score (nSPS) is 17.3. The summed E-state index contributed by atoms with van der Waals surface area (Å²) < 4.78 is 16.4. The van der Waals surface area contributed by atoms with Crippen LogP contribution in [0.4, 0.5) is 5.69 Å². The molecule has 3 aromatic rings. The highest BCUT2D eigenvalue weighted by molar-refractivity contribution is 7.10. The first-order chi connectivity index (χ1) is 16.6. The number of anilines is 1. The Kier molecular flexibility index (Phi) is 6.60. The standard InChI is InChI=1S/C26H29N3O4S/c1-18(27-26(30)19-9-10-22-23(16-19)33-17-32-22)25(24-8-5-15-34-24)29-13-11-28(12-14-29)20-6-3-4-7-21(20)31-2/h3-10,15-16,18,25H,11-14,17H2,1-2H3,(H,27,30)/t18-,25-/m0/s1. The molecule has 0 unspecified atom stereocenters. The number of methoxy groups -OCH3 is 1. The Hall–Kier alpha value is -3.23. The van der Waals surface area contributed by atoms with Gasteiger partial charge in [0, 0.05) is 42.7 Å². The van der Waals surface area contributed by atoms with Crippen LogP contribution >= 0.6 is 11.3 Å². The van der Waals surface area contributed by atoms with Crippen molar-refractivity contribution in [2.75, 3.05) is 45.0 Å². The number of carbonyl (C=O) groups excluding carboxylic acids is 1. The van der Waals surface area contributed by atoms with Crippen molar-refractivity contribution in [2.45, 2.75) is 19.0 Å². The summed E-state index contributed by atoms with van der Waals surface area (Å²) in [6, 6.07) is 17.7. The number of amides is 1. The first-order valence-electron chi connectivity index (χ1n) is 11.5. The predicted molar refractivity (Wildman–Crippen MR) is 133 cm³/mol. The summed E-state index contributed by atoms with van der Waals surface area (Å²) in [7, 11) is 1.71. The lowest BCUT2D eigenvalue weighted by Gasteiger charge is -2.42. The zero-order valence-corrected chi connectivity index (χ0v) is 20.2. The number of nitrogens with one attached hydrogen (secondary N) is 1. The van der Waals surface area contributed by atoms with E-state index in [1.165, 1.54) is 4.88 Å². The maximum absolute atomic E-state index is 13.1. The SMILES string of the molecule is COc1ccccc1N1CCN([C@H](c2cccs2)[C@H](C)NC(=O)c2ccc3c(c2)OCO3)CC1. The Labute approximate surface area is 203 Å². The number of hydrogen-bond acceptors (Lipinski definition) is 7. The van der Waals surface area contributed by atoms with Crippen molar-refractivity contribution in [3.63, 3.8) is 0 Å². The number of thiophene rings is 1. The summed E-state index contributed by atoms with van der Waals surface area (Å²) in [6.07, 6.45) is 0. The van der Waals surface area contributed by atoms with Crippen molar-refractivity contribution in [2.24, 2.45) is 0 Å². The Morgan fingerprint density at radius 3 is 2.59 bits per heavy atom. The molecule has 3 heterocycles. The van der Waals surface area contributed by atoms with E-state index < -0.39 is 0 Å². The molecule has 0 radical (unpaired) electrons. The third-order valence-electron chi connectivity index (χ3n) is 6.44. The molecule has 2 aromatic carbocycles. The van der Waals surface area contributed by atoms with E-state index in [9.17, 15) is 4.79 Å². The molecule has 178 valence electrons. The van der Waals surface area contributed by atoms with E-state index in [1.54, 1.807) is 36.6 Å². The number of rotatable bonds is 7. The number of carbonyl (C=O) groups is 1. The van der Waals surface area contributed by atoms with Crippen LogP contribution in [0.25, 0.3) is 0 Å². The fourth-order valence-corrected chi connectivity index (χ4v) is 5.71. The lowest BCUT2D eigenvalue weighted by molar-refractivity contribution is 0.0890. The van der Waals surface area contributed by atoms with Crippen LogP contribution in [0, 0.1) is 0 Å². The van der Waals surface area contributed by atoms with Crippen molar-refractivity contribution in [1.82, 2.24) is 10.2 Å². The second-order valence-corrected chi connectivity index (χ2v) is 9.46. The summed E-state index contributed by atoms with van der Waals surface area (Å²) in [5, 5.41) is 5.33. The Balaban J connectivity index is 1.29. The van der Waals surface area contributed by atoms with Crippen LogP contribution in [0.5, 0.6) is 17.2 Å². The molecule has 34 heavy (non-hydrogen) atoms. The molecule has 1 amide bonds. The zero-order valence-electron chi connectivity index (χ0n) is 19.4. The van der Waals surface area contributed by atoms with Gasteiger partial charge in [0.2, 0.25) is 6.79 Å². The van der Waals surface area contributed by atoms with Crippen LogP contribution < -0.4 is 24.4 Å². The number of nitrogens with zero attached hydrogens (tertiary/aromatic N) is 2. The van der Waals surface area contributed by atoms with Crippen LogP contribution in [0.1, 0.15) is 28.2 Å². The molecule has 5 rings (SSSR count). The van der Waals surface area contributed by atoms with E-state index in [2.05, 4.69) is 45.6 Å². The Morgan fingerprint density at radius 2 is 1.82 bits per heavy atom. The van der Waals surface area contributed by atoms with Crippen molar-refractivity contribution >= 4 is 22.9 Å². The van der Waals surface area contributed by atoms with Gasteiger partial charge in [-0.1, -0.05) is 18.2 Å². The fourth-order valence-electron chi connectivity index (χ4n) is 4.74. The number of para-hydroxylation sites is 2. The van der Waals surface area contributed by atoms with Crippen LogP contribution in [-0.4, -0.2) is 56.9 Å². The van der Waals surface area contributed by atoms with E-state index in [0.717, 1.165) is 37.6 Å². The number of fused-ring (bicyclic) bond motifs is 1. The van der Waals surface area contributed by atoms with Crippen LogP contribution in [0.2, 0.25) is 0 Å². The monoisotopic (exact) mass is 479 g/mol. The third-order valence-corrected chi connectivity index (χ3v) is 7.38. The van der Waals surface area contributed by atoms with Crippen molar-refractivity contribution in [3.8, 4) is 17.2 Å². The van der Waals surface area contributed by atoms with Gasteiger partial charge in [-0.15, -0.1) is 11.3 Å². The minimum atomic E-state index is -0.111. The van der Waals surface area contributed by atoms with E-state index in [1.807, 2.05) is 18.2 Å². The third kappa shape index (κ3) is 4.56. The van der Waals surface area contributed by atoms with Gasteiger partial charge in [-0.25, -0.2) is 0 Å². The maximum Gasteiger partial charge on any atom is 0.251 e. The zero-order chi connectivity index (χ0) is 23.5. The molecule has 0 saturated carbocycles. The largest absolute Gasteiger partial charge is 0.495 e. The summed E-state index contributed by atoms with van der Waals surface area (Å²) in [4.78, 5) is 19.2. The quantitative estimate of drug-likeness (QED) is 0.549. The van der Waals surface area contributed by atoms with Gasteiger partial charge in [-0.2, -0.15) is 0 Å². The Morgan fingerprint density at radius 1 is 1.03 bits per heavy atom. The van der Waals surface area contributed by atoms with Gasteiger partial charge in [0.05, 0.1) is 18.8 Å². The molecule has 0 spiro atoms. The smallest absolute Gasteiger partial charge is 0.251 e. The average molecular weight is 480 g/mol. The fraction of sp³-hybridized carbons (Fsp3) is 0.346. The van der Waals surface area contributed by atoms with Crippen molar-refractivity contribution in [3.05, 3.63) is 70.4 Å². The lowest BCUT2D eigenvalue weighted by atomic mass is 10.0. The number of benzene rings is 2. The number of piperazine rings is 1. The van der Waals surface area contributed by atoms with Crippen LogP contribution in [0.3, 0.4) is 0 Å². The molecule has 2 atom stereocenters.